The zero-order valence-electron chi connectivity index (χ0n) is 29.6. The molecule has 10 rings (SSSR count). The van der Waals surface area contributed by atoms with E-state index in [9.17, 15) is 0 Å². The molecule has 254 valence electrons. The van der Waals surface area contributed by atoms with E-state index >= 15 is 0 Å². The molecular formula is C52H35NO. The molecule has 0 aliphatic rings. The topological polar surface area (TPSA) is 16.4 Å². The fraction of sp³-hybridized carbons (Fsp3) is 0. The van der Waals surface area contributed by atoms with Gasteiger partial charge in [-0.15, -0.1) is 0 Å². The highest BCUT2D eigenvalue weighted by Gasteiger charge is 2.20. The Kier molecular flexibility index (Phi) is 7.85. The number of rotatable bonds is 7. The van der Waals surface area contributed by atoms with Crippen LogP contribution in [-0.4, -0.2) is 0 Å². The van der Waals surface area contributed by atoms with Crippen LogP contribution in [0.1, 0.15) is 0 Å². The van der Waals surface area contributed by atoms with Crippen molar-refractivity contribution in [2.75, 3.05) is 4.90 Å². The highest BCUT2D eigenvalue weighted by molar-refractivity contribution is 6.13. The van der Waals surface area contributed by atoms with Crippen LogP contribution < -0.4 is 4.90 Å². The first-order valence-electron chi connectivity index (χ1n) is 18.4. The van der Waals surface area contributed by atoms with Crippen molar-refractivity contribution in [3.63, 3.8) is 0 Å². The van der Waals surface area contributed by atoms with E-state index < -0.39 is 0 Å². The Labute approximate surface area is 314 Å². The molecule has 9 aromatic carbocycles. The third kappa shape index (κ3) is 5.71. The molecule has 0 unspecified atom stereocenters. The van der Waals surface area contributed by atoms with Gasteiger partial charge in [-0.3, -0.25) is 0 Å². The van der Waals surface area contributed by atoms with Gasteiger partial charge in [0.05, 0.1) is 11.1 Å². The fourth-order valence-corrected chi connectivity index (χ4v) is 7.80. The van der Waals surface area contributed by atoms with Gasteiger partial charge in [-0.05, 0) is 110 Å². The number of fused-ring (bicyclic) bond motifs is 4. The van der Waals surface area contributed by atoms with Gasteiger partial charge in [0.2, 0.25) is 0 Å². The Morgan fingerprint density at radius 2 is 0.778 bits per heavy atom. The van der Waals surface area contributed by atoms with Crippen molar-refractivity contribution in [1.82, 2.24) is 0 Å². The molecule has 2 nitrogen and oxygen atoms in total. The SMILES string of the molecule is c1ccc(-c2ccc3cc(-c4ccc(N(c5ccc(-c6ccccc6-c6ccccc6)cc5)c5cccc6oc7ccccc7c56)cc4)ccc3c2)cc1. The van der Waals surface area contributed by atoms with E-state index in [0.717, 1.165) is 39.0 Å². The third-order valence-corrected chi connectivity index (χ3v) is 10.5. The Morgan fingerprint density at radius 3 is 1.41 bits per heavy atom. The van der Waals surface area contributed by atoms with Gasteiger partial charge in [0.15, 0.2) is 0 Å². The highest BCUT2D eigenvalue weighted by atomic mass is 16.3. The van der Waals surface area contributed by atoms with Gasteiger partial charge in [0.25, 0.3) is 0 Å². The smallest absolute Gasteiger partial charge is 0.137 e. The fourth-order valence-electron chi connectivity index (χ4n) is 7.80. The molecule has 0 N–H and O–H groups in total. The van der Waals surface area contributed by atoms with Crippen molar-refractivity contribution in [2.45, 2.75) is 0 Å². The maximum Gasteiger partial charge on any atom is 0.137 e. The number of furan rings is 1. The number of hydrogen-bond acceptors (Lipinski definition) is 2. The maximum absolute atomic E-state index is 6.37. The molecule has 0 spiro atoms. The molecule has 0 radical (unpaired) electrons. The van der Waals surface area contributed by atoms with E-state index in [4.69, 9.17) is 4.42 Å². The molecule has 1 aromatic heterocycles. The lowest BCUT2D eigenvalue weighted by Crippen LogP contribution is -2.10. The van der Waals surface area contributed by atoms with Crippen LogP contribution in [0.5, 0.6) is 0 Å². The van der Waals surface area contributed by atoms with Crippen molar-refractivity contribution in [2.24, 2.45) is 0 Å². The summed E-state index contributed by atoms with van der Waals surface area (Å²) in [5, 5.41) is 4.66. The van der Waals surface area contributed by atoms with Gasteiger partial charge in [-0.25, -0.2) is 0 Å². The largest absolute Gasteiger partial charge is 0.456 e. The maximum atomic E-state index is 6.37. The molecule has 0 aliphatic carbocycles. The molecule has 0 amide bonds. The Hall–Kier alpha value is -7.16. The van der Waals surface area contributed by atoms with Gasteiger partial charge >= 0.3 is 0 Å². The summed E-state index contributed by atoms with van der Waals surface area (Å²) in [6.45, 7) is 0. The van der Waals surface area contributed by atoms with E-state index in [2.05, 4.69) is 205 Å². The van der Waals surface area contributed by atoms with E-state index in [1.165, 1.54) is 55.3 Å². The van der Waals surface area contributed by atoms with E-state index in [1.807, 2.05) is 12.1 Å². The van der Waals surface area contributed by atoms with Crippen molar-refractivity contribution in [3.05, 3.63) is 212 Å². The molecular weight excluding hydrogens is 655 g/mol. The standard InChI is InChI=1S/C52H35NO/c1-3-12-36(13-4-1)40-22-24-43-35-41(23-25-42(43)34-40)37-26-30-44(31-27-37)53(49-19-11-21-51-52(49)48-18-9-10-20-50(48)54-51)45-32-28-39(29-33-45)47-17-8-7-16-46(47)38-14-5-2-6-15-38/h1-35H. The van der Waals surface area contributed by atoms with Crippen molar-refractivity contribution >= 4 is 49.8 Å². The molecule has 10 aromatic rings. The average molecular weight is 690 g/mol. The van der Waals surface area contributed by atoms with E-state index in [1.54, 1.807) is 0 Å². The van der Waals surface area contributed by atoms with Crippen molar-refractivity contribution in [1.29, 1.82) is 0 Å². The number of benzene rings is 9. The zero-order chi connectivity index (χ0) is 35.8. The van der Waals surface area contributed by atoms with Crippen molar-refractivity contribution in [3.8, 4) is 44.5 Å². The van der Waals surface area contributed by atoms with E-state index in [0.29, 0.717) is 0 Å². The first kappa shape index (κ1) is 31.6. The van der Waals surface area contributed by atoms with Gasteiger partial charge in [-0.1, -0.05) is 158 Å². The molecule has 0 atom stereocenters. The van der Waals surface area contributed by atoms with Gasteiger partial charge in [0.1, 0.15) is 11.2 Å². The van der Waals surface area contributed by atoms with Crippen LogP contribution in [0.4, 0.5) is 17.1 Å². The molecule has 0 saturated heterocycles. The van der Waals surface area contributed by atoms with Gasteiger partial charge in [0, 0.05) is 16.8 Å². The Bertz CT molecular complexity index is 2910. The molecule has 0 saturated carbocycles. The monoisotopic (exact) mass is 689 g/mol. The minimum Gasteiger partial charge on any atom is -0.456 e. The second kappa shape index (κ2) is 13.4. The first-order valence-corrected chi connectivity index (χ1v) is 18.4. The van der Waals surface area contributed by atoms with Gasteiger partial charge < -0.3 is 9.32 Å². The predicted molar refractivity (Wildman–Crippen MR) is 228 cm³/mol. The number of para-hydroxylation sites is 1. The summed E-state index contributed by atoms with van der Waals surface area (Å²) in [5.41, 5.74) is 14.6. The third-order valence-electron chi connectivity index (χ3n) is 10.5. The molecule has 2 heteroatoms. The summed E-state index contributed by atoms with van der Waals surface area (Å²) in [6.07, 6.45) is 0. The molecule has 0 aliphatic heterocycles. The predicted octanol–water partition coefficient (Wildman–Crippen LogP) is 14.9. The zero-order valence-corrected chi connectivity index (χ0v) is 29.6. The highest BCUT2D eigenvalue weighted by Crippen LogP contribution is 2.44. The summed E-state index contributed by atoms with van der Waals surface area (Å²) >= 11 is 0. The van der Waals surface area contributed by atoms with Crippen LogP contribution in [-0.2, 0) is 0 Å². The van der Waals surface area contributed by atoms with Crippen LogP contribution in [0.15, 0.2) is 217 Å². The summed E-state index contributed by atoms with van der Waals surface area (Å²) in [5.74, 6) is 0. The van der Waals surface area contributed by atoms with E-state index in [-0.39, 0.29) is 0 Å². The summed E-state index contributed by atoms with van der Waals surface area (Å²) < 4.78 is 6.37. The van der Waals surface area contributed by atoms with Crippen LogP contribution >= 0.6 is 0 Å². The number of anilines is 3. The van der Waals surface area contributed by atoms with Crippen LogP contribution in [0.3, 0.4) is 0 Å². The first-order chi connectivity index (χ1) is 26.8. The molecule has 0 fully saturated rings. The molecule has 0 bridgehead atoms. The quantitative estimate of drug-likeness (QED) is 0.166. The second-order valence-electron chi connectivity index (χ2n) is 13.7. The van der Waals surface area contributed by atoms with Gasteiger partial charge in [-0.2, -0.15) is 0 Å². The second-order valence-corrected chi connectivity index (χ2v) is 13.7. The Balaban J connectivity index is 1.06. The minimum absolute atomic E-state index is 0.871. The summed E-state index contributed by atoms with van der Waals surface area (Å²) in [6, 6.07) is 75.8. The van der Waals surface area contributed by atoms with Crippen LogP contribution in [0.25, 0.3) is 77.2 Å². The summed E-state index contributed by atoms with van der Waals surface area (Å²) in [7, 11) is 0. The number of hydrogen-bond donors (Lipinski definition) is 0. The normalized spacial score (nSPS) is 11.3. The van der Waals surface area contributed by atoms with Crippen LogP contribution in [0.2, 0.25) is 0 Å². The number of nitrogens with zero attached hydrogens (tertiary/aromatic N) is 1. The minimum atomic E-state index is 0.871. The molecule has 54 heavy (non-hydrogen) atoms. The lowest BCUT2D eigenvalue weighted by molar-refractivity contribution is 0.669. The Morgan fingerprint density at radius 1 is 0.315 bits per heavy atom. The lowest BCUT2D eigenvalue weighted by atomic mass is 9.94. The lowest BCUT2D eigenvalue weighted by Gasteiger charge is -2.27. The summed E-state index contributed by atoms with van der Waals surface area (Å²) in [4.78, 5) is 2.35. The van der Waals surface area contributed by atoms with Crippen molar-refractivity contribution < 1.29 is 4.42 Å². The molecule has 1 heterocycles. The average Bonchev–Trinajstić information content (AvgIpc) is 3.64. The van der Waals surface area contributed by atoms with Crippen LogP contribution in [0, 0.1) is 0 Å².